The summed E-state index contributed by atoms with van der Waals surface area (Å²) in [7, 11) is 2.04. The maximum absolute atomic E-state index is 12.9. The maximum Gasteiger partial charge on any atom is 0.227 e. The number of para-hydroxylation sites is 1. The van der Waals surface area contributed by atoms with E-state index in [1.54, 1.807) is 17.5 Å². The second kappa shape index (κ2) is 10.7. The first kappa shape index (κ1) is 23.7. The quantitative estimate of drug-likeness (QED) is 0.203. The molecule has 0 saturated carbocycles. The molecule has 1 aliphatic heterocycles. The van der Waals surface area contributed by atoms with Crippen molar-refractivity contribution >= 4 is 44.0 Å². The fourth-order valence-corrected chi connectivity index (χ4v) is 6.35. The number of pyridine rings is 1. The van der Waals surface area contributed by atoms with Crippen molar-refractivity contribution in [1.82, 2.24) is 14.5 Å². The monoisotopic (exact) mass is 487 g/mol. The number of piperidine rings is 1. The van der Waals surface area contributed by atoms with Gasteiger partial charge in [0.1, 0.15) is 0 Å². The van der Waals surface area contributed by atoms with Gasteiger partial charge in [0.05, 0.1) is 16.0 Å². The molecule has 1 fully saturated rings. The minimum atomic E-state index is 0.246. The molecule has 4 aromatic rings. The molecule has 1 aliphatic rings. The summed E-state index contributed by atoms with van der Waals surface area (Å²) in [6.07, 6.45) is 13.4. The molecule has 0 spiro atoms. The molecule has 1 saturated heterocycles. The van der Waals surface area contributed by atoms with E-state index in [4.69, 9.17) is 0 Å². The van der Waals surface area contributed by atoms with E-state index in [-0.39, 0.29) is 11.7 Å². The molecular formula is C29H33N3O2S. The number of benzene rings is 1. The lowest BCUT2D eigenvalue weighted by Gasteiger charge is -2.32. The van der Waals surface area contributed by atoms with E-state index in [1.165, 1.54) is 17.3 Å². The first-order valence-electron chi connectivity index (χ1n) is 12.8. The molecule has 0 bridgehead atoms. The Bertz CT molecular complexity index is 1300. The summed E-state index contributed by atoms with van der Waals surface area (Å²) >= 11 is 1.55. The van der Waals surface area contributed by atoms with Gasteiger partial charge in [0.2, 0.25) is 5.91 Å². The van der Waals surface area contributed by atoms with E-state index in [2.05, 4.69) is 32.8 Å². The van der Waals surface area contributed by atoms with Crippen molar-refractivity contribution in [3.05, 3.63) is 65.4 Å². The number of fused-ring (bicyclic) bond motifs is 2. The number of carbonyl (C=O) groups is 2. The van der Waals surface area contributed by atoms with Gasteiger partial charge in [-0.1, -0.05) is 37.5 Å². The van der Waals surface area contributed by atoms with E-state index < -0.39 is 0 Å². The van der Waals surface area contributed by atoms with E-state index in [9.17, 15) is 9.59 Å². The molecule has 1 aromatic carbocycles. The smallest absolute Gasteiger partial charge is 0.227 e. The zero-order valence-corrected chi connectivity index (χ0v) is 21.2. The van der Waals surface area contributed by atoms with Crippen LogP contribution in [0.4, 0.5) is 0 Å². The van der Waals surface area contributed by atoms with Crippen molar-refractivity contribution in [3.63, 3.8) is 0 Å². The van der Waals surface area contributed by atoms with E-state index in [0.717, 1.165) is 65.7 Å². The standard InChI is InChI=1S/C29H33N3O2S/c1-31-20-23(24-8-5-6-9-25(24)31)18-29(34)32-15-12-21(13-16-32)7-3-2-4-10-26(33)27-17-22-11-14-30-19-28(22)35-27/h5-6,8-9,11,14,17,19-21H,2-4,7,10,12-13,15-16,18H2,1H3. The van der Waals surface area contributed by atoms with E-state index in [1.807, 2.05) is 37.5 Å². The van der Waals surface area contributed by atoms with Crippen LogP contribution in [-0.2, 0) is 18.3 Å². The topological polar surface area (TPSA) is 55.2 Å². The molecule has 0 aliphatic carbocycles. The highest BCUT2D eigenvalue weighted by Crippen LogP contribution is 2.28. The van der Waals surface area contributed by atoms with E-state index >= 15 is 0 Å². The van der Waals surface area contributed by atoms with Gasteiger partial charge in [0.25, 0.3) is 0 Å². The van der Waals surface area contributed by atoms with Crippen LogP contribution in [0.15, 0.2) is 55.0 Å². The number of thiophene rings is 1. The van der Waals surface area contributed by atoms with Crippen LogP contribution in [0.5, 0.6) is 0 Å². The maximum atomic E-state index is 12.9. The van der Waals surface area contributed by atoms with E-state index in [0.29, 0.717) is 18.8 Å². The normalized spacial score (nSPS) is 14.7. The van der Waals surface area contributed by atoms with Crippen LogP contribution < -0.4 is 0 Å². The average Bonchev–Trinajstić information content (AvgIpc) is 3.45. The molecule has 1 amide bonds. The minimum absolute atomic E-state index is 0.246. The highest BCUT2D eigenvalue weighted by Gasteiger charge is 2.23. The second-order valence-corrected chi connectivity index (χ2v) is 10.9. The summed E-state index contributed by atoms with van der Waals surface area (Å²) in [4.78, 5) is 32.5. The summed E-state index contributed by atoms with van der Waals surface area (Å²) in [5.41, 5.74) is 2.30. The number of likely N-dealkylation sites (tertiary alicyclic amines) is 1. The lowest BCUT2D eigenvalue weighted by atomic mass is 9.90. The summed E-state index contributed by atoms with van der Waals surface area (Å²) < 4.78 is 3.19. The average molecular weight is 488 g/mol. The summed E-state index contributed by atoms with van der Waals surface area (Å²) in [6, 6.07) is 12.3. The number of aryl methyl sites for hydroxylation is 1. The molecule has 5 nitrogen and oxygen atoms in total. The number of hydrogen-bond donors (Lipinski definition) is 0. The zero-order valence-electron chi connectivity index (χ0n) is 20.4. The van der Waals surface area contributed by atoms with Crippen LogP contribution in [0.2, 0.25) is 0 Å². The number of Topliss-reactive ketones (excluding diaryl/α,β-unsaturated/α-hetero) is 1. The first-order chi connectivity index (χ1) is 17.1. The molecule has 6 heteroatoms. The van der Waals surface area contributed by atoms with Crippen LogP contribution in [0.25, 0.3) is 21.0 Å². The van der Waals surface area contributed by atoms with Crippen LogP contribution >= 0.6 is 11.3 Å². The SMILES string of the molecule is Cn1cc(CC(=O)N2CCC(CCCCCC(=O)c3cc4ccncc4s3)CC2)c2ccccc21. The van der Waals surface area contributed by atoms with Gasteiger partial charge in [-0.15, -0.1) is 11.3 Å². The van der Waals surface area contributed by atoms with Crippen LogP contribution in [0.3, 0.4) is 0 Å². The Morgan fingerprint density at radius 1 is 1.09 bits per heavy atom. The second-order valence-electron chi connectivity index (χ2n) is 9.83. The number of hydrogen-bond acceptors (Lipinski definition) is 4. The highest BCUT2D eigenvalue weighted by molar-refractivity contribution is 7.20. The molecule has 0 atom stereocenters. The summed E-state index contributed by atoms with van der Waals surface area (Å²) in [6.45, 7) is 1.74. The third-order valence-corrected chi connectivity index (χ3v) is 8.53. The van der Waals surface area contributed by atoms with Crippen LogP contribution in [0, 0.1) is 5.92 Å². The van der Waals surface area contributed by atoms with Crippen molar-refractivity contribution in [2.75, 3.05) is 13.1 Å². The van der Waals surface area contributed by atoms with Gasteiger partial charge in [-0.25, -0.2) is 0 Å². The van der Waals surface area contributed by atoms with Crippen LogP contribution in [0.1, 0.15) is 60.2 Å². The summed E-state index contributed by atoms with van der Waals surface area (Å²) in [5, 5.41) is 2.29. The Hall–Kier alpha value is -2.99. The third kappa shape index (κ3) is 5.48. The molecule has 35 heavy (non-hydrogen) atoms. The van der Waals surface area contributed by atoms with Crippen molar-refractivity contribution in [2.24, 2.45) is 13.0 Å². The van der Waals surface area contributed by atoms with Crippen molar-refractivity contribution in [3.8, 4) is 0 Å². The van der Waals surface area contributed by atoms with Gasteiger partial charge in [-0.2, -0.15) is 0 Å². The zero-order chi connectivity index (χ0) is 24.2. The van der Waals surface area contributed by atoms with Gasteiger partial charge in [-0.3, -0.25) is 14.6 Å². The molecule has 0 N–H and O–H groups in total. The number of ketones is 1. The van der Waals surface area contributed by atoms with Gasteiger partial charge >= 0.3 is 0 Å². The first-order valence-corrected chi connectivity index (χ1v) is 13.6. The van der Waals surface area contributed by atoms with Crippen molar-refractivity contribution in [1.29, 1.82) is 0 Å². The Morgan fingerprint density at radius 3 is 2.74 bits per heavy atom. The largest absolute Gasteiger partial charge is 0.350 e. The lowest BCUT2D eigenvalue weighted by molar-refractivity contribution is -0.131. The Balaban J connectivity index is 1.01. The lowest BCUT2D eigenvalue weighted by Crippen LogP contribution is -2.39. The molecule has 4 heterocycles. The van der Waals surface area contributed by atoms with Crippen molar-refractivity contribution < 1.29 is 9.59 Å². The fraction of sp³-hybridized carbons (Fsp3) is 0.414. The molecule has 3 aromatic heterocycles. The number of unbranched alkanes of at least 4 members (excludes halogenated alkanes) is 2. The molecule has 182 valence electrons. The third-order valence-electron chi connectivity index (χ3n) is 7.40. The van der Waals surface area contributed by atoms with Gasteiger partial charge < -0.3 is 9.47 Å². The fourth-order valence-electron chi connectivity index (χ4n) is 5.35. The van der Waals surface area contributed by atoms with Gasteiger partial charge in [0, 0.05) is 56.1 Å². The Labute approximate surface area is 210 Å². The number of amides is 1. The number of carbonyl (C=O) groups excluding carboxylic acids is 2. The summed E-state index contributed by atoms with van der Waals surface area (Å²) in [5.74, 6) is 1.20. The predicted octanol–water partition coefficient (Wildman–Crippen LogP) is 6.40. The van der Waals surface area contributed by atoms with Gasteiger partial charge in [-0.05, 0) is 54.3 Å². The van der Waals surface area contributed by atoms with Gasteiger partial charge in [0.15, 0.2) is 5.78 Å². The molecule has 0 unspecified atom stereocenters. The minimum Gasteiger partial charge on any atom is -0.350 e. The molecular weight excluding hydrogens is 454 g/mol. The molecule has 5 rings (SSSR count). The predicted molar refractivity (Wildman–Crippen MR) is 143 cm³/mol. The number of rotatable bonds is 9. The van der Waals surface area contributed by atoms with Crippen molar-refractivity contribution in [2.45, 2.75) is 51.4 Å². The molecule has 0 radical (unpaired) electrons. The highest BCUT2D eigenvalue weighted by atomic mass is 32.1. The number of aromatic nitrogens is 2. The number of nitrogens with zero attached hydrogens (tertiary/aromatic N) is 3. The Kier molecular flexibility index (Phi) is 7.28. The van der Waals surface area contributed by atoms with Crippen LogP contribution in [-0.4, -0.2) is 39.2 Å². The Morgan fingerprint density at radius 2 is 1.91 bits per heavy atom.